The Labute approximate surface area is 54.5 Å². The molecule has 0 aliphatic carbocycles. The number of hydrogen-bond acceptors (Lipinski definition) is 0. The number of hydrogen-bond donors (Lipinski definition) is 0. The van der Waals surface area contributed by atoms with Crippen LogP contribution in [0.4, 0.5) is 0 Å². The van der Waals surface area contributed by atoms with Gasteiger partial charge in [0.05, 0.1) is 0 Å². The van der Waals surface area contributed by atoms with Gasteiger partial charge in [0.15, 0.2) is 0 Å². The van der Waals surface area contributed by atoms with Crippen LogP contribution in [0.2, 0.25) is 5.32 Å². The molecular weight excluding hydrogens is 151 g/mol. The topological polar surface area (TPSA) is 0 Å². The molecule has 0 saturated heterocycles. The van der Waals surface area contributed by atoms with Crippen molar-refractivity contribution < 1.29 is 0 Å². The van der Waals surface area contributed by atoms with Gasteiger partial charge in [0.2, 0.25) is 0 Å². The molecule has 0 aromatic heterocycles. The zero-order chi connectivity index (χ0) is 5.54. The van der Waals surface area contributed by atoms with E-state index in [1.54, 1.807) is 0 Å². The second-order valence-electron chi connectivity index (χ2n) is 1.76. The van der Waals surface area contributed by atoms with Crippen LogP contribution < -0.4 is 0 Å². The average Bonchev–Trinajstić information content (AvgIpc) is 1.69. The SMILES string of the molecule is CCCCCC[Se]. The Hall–Kier alpha value is 0.519. The normalized spacial score (nSPS) is 9.43. The fourth-order valence-electron chi connectivity index (χ4n) is 0.529. The van der Waals surface area contributed by atoms with Crippen LogP contribution in [-0.4, -0.2) is 16.0 Å². The maximum absolute atomic E-state index is 3.00. The first-order chi connectivity index (χ1) is 3.41. The van der Waals surface area contributed by atoms with Crippen LogP contribution in [0.1, 0.15) is 32.6 Å². The molecule has 0 rings (SSSR count). The van der Waals surface area contributed by atoms with Gasteiger partial charge in [-0.25, -0.2) is 0 Å². The van der Waals surface area contributed by atoms with Gasteiger partial charge < -0.3 is 0 Å². The summed E-state index contributed by atoms with van der Waals surface area (Å²) in [6.07, 6.45) is 5.53. The van der Waals surface area contributed by atoms with Gasteiger partial charge in [-0.3, -0.25) is 0 Å². The molecule has 0 nitrogen and oxygen atoms in total. The molecule has 0 aliphatic rings. The van der Waals surface area contributed by atoms with Crippen LogP contribution in [0.15, 0.2) is 0 Å². The van der Waals surface area contributed by atoms with E-state index in [4.69, 9.17) is 0 Å². The van der Waals surface area contributed by atoms with Gasteiger partial charge in [0.1, 0.15) is 0 Å². The molecule has 0 unspecified atom stereocenters. The van der Waals surface area contributed by atoms with E-state index in [1.807, 2.05) is 0 Å². The second-order valence-corrected chi connectivity index (χ2v) is 2.62. The van der Waals surface area contributed by atoms with Crippen LogP contribution in [0, 0.1) is 0 Å². The van der Waals surface area contributed by atoms with E-state index in [0.717, 1.165) is 0 Å². The van der Waals surface area contributed by atoms with E-state index in [1.165, 1.54) is 31.0 Å². The van der Waals surface area contributed by atoms with Crippen LogP contribution in [0.25, 0.3) is 0 Å². The third-order valence-corrected chi connectivity index (χ3v) is 1.60. The van der Waals surface area contributed by atoms with Gasteiger partial charge in [-0.15, -0.1) is 0 Å². The molecule has 0 aliphatic heterocycles. The van der Waals surface area contributed by atoms with E-state index in [-0.39, 0.29) is 0 Å². The van der Waals surface area contributed by atoms with Crippen molar-refractivity contribution in [3.05, 3.63) is 0 Å². The van der Waals surface area contributed by atoms with Gasteiger partial charge in [-0.2, -0.15) is 0 Å². The van der Waals surface area contributed by atoms with Gasteiger partial charge >= 0.3 is 53.9 Å². The molecule has 1 heteroatoms. The molecule has 0 atom stereocenters. The van der Waals surface area contributed by atoms with Crippen LogP contribution in [-0.2, 0) is 0 Å². The third-order valence-electron chi connectivity index (χ3n) is 0.998. The van der Waals surface area contributed by atoms with Crippen molar-refractivity contribution in [2.75, 3.05) is 0 Å². The third kappa shape index (κ3) is 6.52. The number of unbranched alkanes of at least 4 members (excludes halogenated alkanes) is 3. The minimum atomic E-state index is 1.24. The van der Waals surface area contributed by atoms with Gasteiger partial charge in [-0.1, -0.05) is 0 Å². The number of rotatable bonds is 4. The van der Waals surface area contributed by atoms with Crippen LogP contribution >= 0.6 is 0 Å². The summed E-state index contributed by atoms with van der Waals surface area (Å²) in [6, 6.07) is 0. The molecule has 0 amide bonds. The fraction of sp³-hybridized carbons (Fsp3) is 1.00. The summed E-state index contributed by atoms with van der Waals surface area (Å²) < 4.78 is 0. The van der Waals surface area contributed by atoms with Crippen molar-refractivity contribution >= 4 is 16.0 Å². The van der Waals surface area contributed by atoms with E-state index in [2.05, 4.69) is 22.9 Å². The van der Waals surface area contributed by atoms with Crippen molar-refractivity contribution in [1.82, 2.24) is 0 Å². The molecule has 0 spiro atoms. The van der Waals surface area contributed by atoms with Gasteiger partial charge in [-0.05, 0) is 0 Å². The molecule has 7 heavy (non-hydrogen) atoms. The zero-order valence-corrected chi connectivity index (χ0v) is 6.66. The Morgan fingerprint density at radius 2 is 1.86 bits per heavy atom. The van der Waals surface area contributed by atoms with E-state index in [9.17, 15) is 0 Å². The second kappa shape index (κ2) is 6.52. The Morgan fingerprint density at radius 1 is 1.14 bits per heavy atom. The summed E-state index contributed by atoms with van der Waals surface area (Å²) in [5, 5.41) is 1.24. The summed E-state index contributed by atoms with van der Waals surface area (Å²) in [6.45, 7) is 2.24. The van der Waals surface area contributed by atoms with Crippen molar-refractivity contribution in [2.24, 2.45) is 0 Å². The Kier molecular flexibility index (Phi) is 7.00. The predicted octanol–water partition coefficient (Wildman–Crippen LogP) is 2.15. The zero-order valence-electron chi connectivity index (χ0n) is 4.94. The van der Waals surface area contributed by atoms with E-state index >= 15 is 0 Å². The van der Waals surface area contributed by atoms with Crippen LogP contribution in [0.5, 0.6) is 0 Å². The maximum atomic E-state index is 3.00. The van der Waals surface area contributed by atoms with Gasteiger partial charge in [0, 0.05) is 0 Å². The van der Waals surface area contributed by atoms with Crippen molar-refractivity contribution in [1.29, 1.82) is 0 Å². The Bertz CT molecular complexity index is 23.4. The molecule has 43 valence electrons. The fourth-order valence-corrected chi connectivity index (χ4v) is 0.957. The van der Waals surface area contributed by atoms with Crippen molar-refractivity contribution in [2.45, 2.75) is 37.9 Å². The first kappa shape index (κ1) is 7.52. The van der Waals surface area contributed by atoms with E-state index in [0.29, 0.717) is 0 Å². The molecule has 0 fully saturated rings. The molecule has 0 heterocycles. The summed E-state index contributed by atoms with van der Waals surface area (Å²) >= 11 is 3.00. The average molecular weight is 164 g/mol. The first-order valence-corrected chi connectivity index (χ1v) is 4.21. The molecule has 0 aromatic rings. The molecule has 0 N–H and O–H groups in total. The van der Waals surface area contributed by atoms with Crippen molar-refractivity contribution in [3.8, 4) is 0 Å². The Balaban J connectivity index is 2.45. The summed E-state index contributed by atoms with van der Waals surface area (Å²) in [7, 11) is 0. The van der Waals surface area contributed by atoms with Crippen LogP contribution in [0.3, 0.4) is 0 Å². The molecule has 1 radical (unpaired) electrons. The quantitative estimate of drug-likeness (QED) is 0.441. The summed E-state index contributed by atoms with van der Waals surface area (Å²) in [5.41, 5.74) is 0. The molecular formula is C6H13Se. The molecule has 0 aromatic carbocycles. The van der Waals surface area contributed by atoms with E-state index < -0.39 is 0 Å². The van der Waals surface area contributed by atoms with Crippen molar-refractivity contribution in [3.63, 3.8) is 0 Å². The first-order valence-electron chi connectivity index (χ1n) is 3.00. The Morgan fingerprint density at radius 3 is 2.29 bits per heavy atom. The minimum absolute atomic E-state index is 1.24. The predicted molar refractivity (Wildman–Crippen MR) is 34.7 cm³/mol. The molecule has 0 saturated carbocycles. The molecule has 0 bridgehead atoms. The standard InChI is InChI=1S/C6H13Se/c1-2-3-4-5-6-7/h2-6H2,1H3. The van der Waals surface area contributed by atoms with Gasteiger partial charge in [0.25, 0.3) is 0 Å². The monoisotopic (exact) mass is 165 g/mol. The summed E-state index contributed by atoms with van der Waals surface area (Å²) in [4.78, 5) is 0. The summed E-state index contributed by atoms with van der Waals surface area (Å²) in [5.74, 6) is 0.